The monoisotopic (exact) mass is 264 g/mol. The molecule has 1 aliphatic heterocycles. The lowest BCUT2D eigenvalue weighted by Crippen LogP contribution is -2.43. The molecule has 0 aromatic rings. The minimum atomic E-state index is 0.576. The minimum Gasteiger partial charge on any atom is -0.314 e. The van der Waals surface area contributed by atoms with E-state index in [1.807, 2.05) is 0 Å². The highest BCUT2D eigenvalue weighted by Crippen LogP contribution is 2.47. The highest BCUT2D eigenvalue weighted by Gasteiger charge is 2.38. The van der Waals surface area contributed by atoms with Crippen molar-refractivity contribution in [1.29, 1.82) is 0 Å². The Morgan fingerprint density at radius 2 is 1.89 bits per heavy atom. The molecule has 0 spiro atoms. The molecule has 2 saturated carbocycles. The van der Waals surface area contributed by atoms with E-state index in [1.54, 1.807) is 0 Å². The Balaban J connectivity index is 1.43. The van der Waals surface area contributed by atoms with Gasteiger partial charge in [0.15, 0.2) is 0 Å². The molecule has 1 heterocycles. The van der Waals surface area contributed by atoms with Gasteiger partial charge in [0.05, 0.1) is 0 Å². The van der Waals surface area contributed by atoms with Crippen LogP contribution in [0.2, 0.25) is 0 Å². The highest BCUT2D eigenvalue weighted by molar-refractivity contribution is 4.94. The van der Waals surface area contributed by atoms with Gasteiger partial charge < -0.3 is 10.6 Å². The molecule has 1 saturated heterocycles. The van der Waals surface area contributed by atoms with E-state index in [0.29, 0.717) is 5.41 Å². The third-order valence-corrected chi connectivity index (χ3v) is 6.04. The standard InChI is InChI=1S/C17H32N2/c1-17(2,13-8-9-13)10-12-19-15-6-3-5-14(15)16-7-4-11-18-16/h13-16,18-19H,3-12H2,1-2H3. The maximum Gasteiger partial charge on any atom is 0.0111 e. The molecular weight excluding hydrogens is 232 g/mol. The van der Waals surface area contributed by atoms with Gasteiger partial charge >= 0.3 is 0 Å². The molecule has 0 radical (unpaired) electrons. The summed E-state index contributed by atoms with van der Waals surface area (Å²) < 4.78 is 0. The first kappa shape index (κ1) is 13.9. The van der Waals surface area contributed by atoms with Gasteiger partial charge in [0.1, 0.15) is 0 Å². The fourth-order valence-corrected chi connectivity index (χ4v) is 4.45. The van der Waals surface area contributed by atoms with Crippen LogP contribution in [0.25, 0.3) is 0 Å². The highest BCUT2D eigenvalue weighted by atomic mass is 15.0. The molecule has 3 rings (SSSR count). The Labute approximate surface area is 119 Å². The number of rotatable bonds is 6. The van der Waals surface area contributed by atoms with Gasteiger partial charge in [-0.15, -0.1) is 0 Å². The molecule has 0 aromatic carbocycles. The lowest BCUT2D eigenvalue weighted by molar-refractivity contribution is 0.257. The quantitative estimate of drug-likeness (QED) is 0.769. The summed E-state index contributed by atoms with van der Waals surface area (Å²) in [4.78, 5) is 0. The van der Waals surface area contributed by atoms with E-state index in [4.69, 9.17) is 0 Å². The zero-order chi connectivity index (χ0) is 13.3. The first-order valence-corrected chi connectivity index (χ1v) is 8.63. The Hall–Kier alpha value is -0.0800. The van der Waals surface area contributed by atoms with Crippen molar-refractivity contribution in [2.24, 2.45) is 17.3 Å². The van der Waals surface area contributed by atoms with Crippen LogP contribution in [0.1, 0.15) is 65.2 Å². The smallest absolute Gasteiger partial charge is 0.0111 e. The van der Waals surface area contributed by atoms with Gasteiger partial charge in [-0.2, -0.15) is 0 Å². The Bertz CT molecular complexity index is 290. The van der Waals surface area contributed by atoms with Gasteiger partial charge in [0, 0.05) is 12.1 Å². The van der Waals surface area contributed by atoms with Crippen molar-refractivity contribution in [2.45, 2.75) is 77.3 Å². The number of nitrogens with one attached hydrogen (secondary N) is 2. The van der Waals surface area contributed by atoms with Crippen molar-refractivity contribution >= 4 is 0 Å². The molecule has 2 heteroatoms. The van der Waals surface area contributed by atoms with Gasteiger partial charge in [-0.1, -0.05) is 20.3 Å². The Morgan fingerprint density at radius 1 is 1.05 bits per heavy atom. The van der Waals surface area contributed by atoms with E-state index in [2.05, 4.69) is 24.5 Å². The molecule has 0 aromatic heterocycles. The summed E-state index contributed by atoms with van der Waals surface area (Å²) in [7, 11) is 0. The molecule has 3 atom stereocenters. The van der Waals surface area contributed by atoms with Crippen LogP contribution in [-0.4, -0.2) is 25.2 Å². The van der Waals surface area contributed by atoms with Gasteiger partial charge in [0.25, 0.3) is 0 Å². The first-order chi connectivity index (χ1) is 9.17. The van der Waals surface area contributed by atoms with Gasteiger partial charge in [-0.3, -0.25) is 0 Å². The summed E-state index contributed by atoms with van der Waals surface area (Å²) in [5.41, 5.74) is 0.576. The van der Waals surface area contributed by atoms with E-state index in [-0.39, 0.29) is 0 Å². The van der Waals surface area contributed by atoms with Gasteiger partial charge in [-0.05, 0) is 75.3 Å². The average molecular weight is 264 g/mol. The van der Waals surface area contributed by atoms with Crippen LogP contribution in [0.3, 0.4) is 0 Å². The zero-order valence-electron chi connectivity index (χ0n) is 12.9. The Morgan fingerprint density at radius 3 is 2.58 bits per heavy atom. The van der Waals surface area contributed by atoms with E-state index >= 15 is 0 Å². The van der Waals surface area contributed by atoms with Crippen LogP contribution in [0.5, 0.6) is 0 Å². The third-order valence-electron chi connectivity index (χ3n) is 6.04. The summed E-state index contributed by atoms with van der Waals surface area (Å²) in [6, 6.07) is 1.61. The Kier molecular flexibility index (Phi) is 4.19. The molecule has 3 unspecified atom stereocenters. The largest absolute Gasteiger partial charge is 0.314 e. The average Bonchev–Trinajstić information content (AvgIpc) is 2.93. The first-order valence-electron chi connectivity index (χ1n) is 8.63. The molecule has 2 nitrogen and oxygen atoms in total. The second-order valence-electron chi connectivity index (χ2n) is 7.87. The zero-order valence-corrected chi connectivity index (χ0v) is 12.9. The van der Waals surface area contributed by atoms with Crippen LogP contribution in [0, 0.1) is 17.3 Å². The maximum absolute atomic E-state index is 3.91. The van der Waals surface area contributed by atoms with Crippen molar-refractivity contribution in [2.75, 3.05) is 13.1 Å². The summed E-state index contributed by atoms with van der Waals surface area (Å²) in [5.74, 6) is 1.93. The van der Waals surface area contributed by atoms with Crippen LogP contribution in [0.15, 0.2) is 0 Å². The molecule has 0 bridgehead atoms. The van der Waals surface area contributed by atoms with E-state index in [1.165, 1.54) is 64.5 Å². The molecule has 19 heavy (non-hydrogen) atoms. The fourth-order valence-electron chi connectivity index (χ4n) is 4.45. The van der Waals surface area contributed by atoms with E-state index in [9.17, 15) is 0 Å². The van der Waals surface area contributed by atoms with Crippen molar-refractivity contribution < 1.29 is 0 Å². The predicted molar refractivity (Wildman–Crippen MR) is 81.3 cm³/mol. The SMILES string of the molecule is CC(C)(CCNC1CCCC1C1CCCN1)C1CC1. The van der Waals surface area contributed by atoms with E-state index in [0.717, 1.165) is 23.9 Å². The summed E-state index contributed by atoms with van der Waals surface area (Å²) in [5, 5.41) is 7.63. The van der Waals surface area contributed by atoms with Crippen LogP contribution in [0.4, 0.5) is 0 Å². The molecule has 110 valence electrons. The molecule has 3 fully saturated rings. The molecule has 2 N–H and O–H groups in total. The maximum atomic E-state index is 3.91. The second-order valence-corrected chi connectivity index (χ2v) is 7.87. The fraction of sp³-hybridized carbons (Fsp3) is 1.00. The lowest BCUT2D eigenvalue weighted by Gasteiger charge is -2.29. The van der Waals surface area contributed by atoms with Crippen molar-refractivity contribution in [3.8, 4) is 0 Å². The normalized spacial score (nSPS) is 36.0. The lowest BCUT2D eigenvalue weighted by atomic mass is 9.83. The molecule has 2 aliphatic carbocycles. The third kappa shape index (κ3) is 3.33. The van der Waals surface area contributed by atoms with Crippen LogP contribution >= 0.6 is 0 Å². The number of hydrogen-bond acceptors (Lipinski definition) is 2. The molecule has 0 amide bonds. The van der Waals surface area contributed by atoms with Crippen LogP contribution < -0.4 is 10.6 Å². The topological polar surface area (TPSA) is 24.1 Å². The van der Waals surface area contributed by atoms with Gasteiger partial charge in [-0.25, -0.2) is 0 Å². The van der Waals surface area contributed by atoms with Crippen molar-refractivity contribution in [3.05, 3.63) is 0 Å². The molecular formula is C17H32N2. The summed E-state index contributed by atoms with van der Waals surface area (Å²) in [6.45, 7) is 7.42. The predicted octanol–water partition coefficient (Wildman–Crippen LogP) is 3.32. The molecule has 3 aliphatic rings. The van der Waals surface area contributed by atoms with Gasteiger partial charge in [0.2, 0.25) is 0 Å². The number of hydrogen-bond donors (Lipinski definition) is 2. The van der Waals surface area contributed by atoms with Crippen LogP contribution in [-0.2, 0) is 0 Å². The summed E-state index contributed by atoms with van der Waals surface area (Å²) in [6.07, 6.45) is 11.4. The second kappa shape index (κ2) is 5.73. The van der Waals surface area contributed by atoms with Crippen molar-refractivity contribution in [1.82, 2.24) is 10.6 Å². The van der Waals surface area contributed by atoms with Crippen molar-refractivity contribution in [3.63, 3.8) is 0 Å². The van der Waals surface area contributed by atoms with E-state index < -0.39 is 0 Å². The summed E-state index contributed by atoms with van der Waals surface area (Å²) >= 11 is 0. The minimum absolute atomic E-state index is 0.576.